The molecule has 1 aromatic rings. The lowest BCUT2D eigenvalue weighted by molar-refractivity contribution is 0.108. The quantitative estimate of drug-likeness (QED) is 0.786. The highest BCUT2D eigenvalue weighted by atomic mass is 79.9. The van der Waals surface area contributed by atoms with E-state index in [2.05, 4.69) is 15.9 Å². The van der Waals surface area contributed by atoms with Crippen LogP contribution in [-0.2, 0) is 9.84 Å². The van der Waals surface area contributed by atoms with Crippen LogP contribution < -0.4 is 0 Å². The number of hydrogen-bond acceptors (Lipinski definition) is 3. The molecule has 0 aliphatic rings. The van der Waals surface area contributed by atoms with Gasteiger partial charge in [-0.2, -0.15) is 0 Å². The van der Waals surface area contributed by atoms with Gasteiger partial charge in [0.1, 0.15) is 0 Å². The van der Waals surface area contributed by atoms with Crippen LogP contribution in [0.3, 0.4) is 0 Å². The molecule has 6 heteroatoms. The van der Waals surface area contributed by atoms with Crippen molar-refractivity contribution in [1.82, 2.24) is 0 Å². The average Bonchev–Trinajstić information content (AvgIpc) is 2.11. The number of sulfone groups is 1. The zero-order valence-corrected chi connectivity index (χ0v) is 12.1. The van der Waals surface area contributed by atoms with Crippen molar-refractivity contribution in [2.75, 3.05) is 6.26 Å². The summed E-state index contributed by atoms with van der Waals surface area (Å²) in [6, 6.07) is 1.30. The van der Waals surface area contributed by atoms with E-state index in [4.69, 9.17) is 11.6 Å². The van der Waals surface area contributed by atoms with Gasteiger partial charge in [0, 0.05) is 16.3 Å². The Hall–Kier alpha value is -0.390. The first-order valence-electron chi connectivity index (χ1n) is 4.36. The molecule has 0 heterocycles. The summed E-state index contributed by atoms with van der Waals surface area (Å²) in [7, 11) is -3.39. The fourth-order valence-corrected chi connectivity index (χ4v) is 3.63. The molecule has 0 bridgehead atoms. The van der Waals surface area contributed by atoms with E-state index < -0.39 is 15.1 Å². The summed E-state index contributed by atoms with van der Waals surface area (Å²) in [6.07, 6.45) is 1.09. The molecule has 0 aromatic heterocycles. The molecule has 0 radical (unpaired) electrons. The molecule has 0 spiro atoms. The first-order chi connectivity index (χ1) is 7.16. The van der Waals surface area contributed by atoms with Crippen molar-refractivity contribution in [3.63, 3.8) is 0 Å². The second-order valence-corrected chi connectivity index (χ2v) is 6.65. The molecule has 0 atom stereocenters. The molecule has 0 fully saturated rings. The molecule has 1 rings (SSSR count). The van der Waals surface area contributed by atoms with Gasteiger partial charge in [0.05, 0.1) is 4.90 Å². The van der Waals surface area contributed by atoms with Gasteiger partial charge >= 0.3 is 0 Å². The maximum absolute atomic E-state index is 11.5. The van der Waals surface area contributed by atoms with Crippen LogP contribution in [0.1, 0.15) is 21.5 Å². The van der Waals surface area contributed by atoms with Crippen molar-refractivity contribution in [2.45, 2.75) is 18.7 Å². The molecular weight excluding hydrogens is 316 g/mol. The first kappa shape index (κ1) is 13.7. The highest BCUT2D eigenvalue weighted by Crippen LogP contribution is 2.31. The van der Waals surface area contributed by atoms with E-state index in [1.54, 1.807) is 13.8 Å². The summed E-state index contributed by atoms with van der Waals surface area (Å²) in [5, 5.41) is -0.655. The molecule has 0 unspecified atom stereocenters. The molecule has 0 saturated heterocycles. The summed E-state index contributed by atoms with van der Waals surface area (Å²) >= 11 is 8.62. The zero-order chi connectivity index (χ0) is 12.7. The second-order valence-electron chi connectivity index (χ2n) is 3.53. The Labute approximate surface area is 108 Å². The van der Waals surface area contributed by atoms with Gasteiger partial charge in [0.15, 0.2) is 9.84 Å². The first-order valence-corrected chi connectivity index (χ1v) is 7.42. The van der Waals surface area contributed by atoms with Crippen LogP contribution in [-0.4, -0.2) is 19.9 Å². The van der Waals surface area contributed by atoms with Crippen LogP contribution in [0.15, 0.2) is 15.4 Å². The van der Waals surface area contributed by atoms with Crippen molar-refractivity contribution in [1.29, 1.82) is 0 Å². The number of halogens is 2. The smallest absolute Gasteiger partial charge is 0.252 e. The van der Waals surface area contributed by atoms with Gasteiger partial charge < -0.3 is 0 Å². The third-order valence-corrected chi connectivity index (χ3v) is 5.01. The topological polar surface area (TPSA) is 51.2 Å². The van der Waals surface area contributed by atoms with E-state index in [1.807, 2.05) is 0 Å². The summed E-state index contributed by atoms with van der Waals surface area (Å²) in [4.78, 5) is 11.2. The van der Waals surface area contributed by atoms with Gasteiger partial charge in [-0.25, -0.2) is 8.42 Å². The number of rotatable bonds is 2. The van der Waals surface area contributed by atoms with E-state index in [0.29, 0.717) is 15.6 Å². The van der Waals surface area contributed by atoms with Gasteiger partial charge in [0.2, 0.25) is 0 Å². The third-order valence-electron chi connectivity index (χ3n) is 2.40. The third kappa shape index (κ3) is 2.47. The van der Waals surface area contributed by atoms with Gasteiger partial charge in [-0.05, 0) is 58.6 Å². The Morgan fingerprint density at radius 1 is 1.31 bits per heavy atom. The Morgan fingerprint density at radius 2 is 1.81 bits per heavy atom. The molecule has 0 saturated carbocycles. The molecule has 0 aliphatic heterocycles. The minimum absolute atomic E-state index is 0.0830. The molecule has 0 amide bonds. The van der Waals surface area contributed by atoms with Gasteiger partial charge in [-0.1, -0.05) is 0 Å². The average molecular weight is 326 g/mol. The van der Waals surface area contributed by atoms with Crippen molar-refractivity contribution in [3.8, 4) is 0 Å². The minimum atomic E-state index is -3.39. The molecule has 1 aromatic carbocycles. The van der Waals surface area contributed by atoms with E-state index in [-0.39, 0.29) is 10.5 Å². The standard InChI is InChI=1S/C10H10BrClO3S/c1-5-6(2)9(11)8(16(3,14)15)4-7(5)10(12)13/h4H,1-3H3. The lowest BCUT2D eigenvalue weighted by Crippen LogP contribution is -2.05. The van der Waals surface area contributed by atoms with Gasteiger partial charge in [0.25, 0.3) is 5.24 Å². The molecule has 0 aliphatic carbocycles. The van der Waals surface area contributed by atoms with Crippen LogP contribution >= 0.6 is 27.5 Å². The van der Waals surface area contributed by atoms with Crippen LogP contribution in [0.4, 0.5) is 0 Å². The Kier molecular flexibility index (Phi) is 3.82. The lowest BCUT2D eigenvalue weighted by atomic mass is 10.0. The SMILES string of the molecule is Cc1c(C(=O)Cl)cc(S(C)(=O)=O)c(Br)c1C. The minimum Gasteiger partial charge on any atom is -0.276 e. The Bertz CT molecular complexity index is 564. The lowest BCUT2D eigenvalue weighted by Gasteiger charge is -2.11. The summed E-state index contributed by atoms with van der Waals surface area (Å²) in [6.45, 7) is 3.46. The monoisotopic (exact) mass is 324 g/mol. The maximum Gasteiger partial charge on any atom is 0.252 e. The molecule has 16 heavy (non-hydrogen) atoms. The Morgan fingerprint density at radius 3 is 2.19 bits per heavy atom. The summed E-state index contributed by atoms with van der Waals surface area (Å²) in [5.41, 5.74) is 1.61. The van der Waals surface area contributed by atoms with Crippen LogP contribution in [0, 0.1) is 13.8 Å². The predicted molar refractivity (Wildman–Crippen MR) is 66.9 cm³/mol. The normalized spacial score (nSPS) is 11.6. The van der Waals surface area contributed by atoms with Crippen molar-refractivity contribution in [3.05, 3.63) is 27.2 Å². The fraction of sp³-hybridized carbons (Fsp3) is 0.300. The van der Waals surface area contributed by atoms with Gasteiger partial charge in [-0.3, -0.25) is 4.79 Å². The predicted octanol–water partition coefficient (Wildman–Crippen LogP) is 2.85. The highest BCUT2D eigenvalue weighted by molar-refractivity contribution is 9.10. The number of benzene rings is 1. The van der Waals surface area contributed by atoms with Crippen molar-refractivity contribution in [2.24, 2.45) is 0 Å². The largest absolute Gasteiger partial charge is 0.276 e. The van der Waals surface area contributed by atoms with Gasteiger partial charge in [-0.15, -0.1) is 0 Å². The summed E-state index contributed by atoms with van der Waals surface area (Å²) in [5.74, 6) is 0. The second kappa shape index (κ2) is 4.47. The Balaban J connectivity index is 3.74. The number of hydrogen-bond donors (Lipinski definition) is 0. The molecule has 88 valence electrons. The fourth-order valence-electron chi connectivity index (χ4n) is 1.33. The number of carbonyl (C=O) groups excluding carboxylic acids is 1. The summed E-state index contributed by atoms with van der Waals surface area (Å²) < 4.78 is 23.5. The zero-order valence-electron chi connectivity index (χ0n) is 8.97. The molecular formula is C10H10BrClO3S. The molecule has 0 N–H and O–H groups in total. The van der Waals surface area contributed by atoms with Crippen LogP contribution in [0.2, 0.25) is 0 Å². The van der Waals surface area contributed by atoms with Crippen LogP contribution in [0.5, 0.6) is 0 Å². The van der Waals surface area contributed by atoms with E-state index in [1.165, 1.54) is 6.07 Å². The number of carbonyl (C=O) groups is 1. The highest BCUT2D eigenvalue weighted by Gasteiger charge is 2.20. The molecule has 3 nitrogen and oxygen atoms in total. The van der Waals surface area contributed by atoms with Crippen LogP contribution in [0.25, 0.3) is 0 Å². The van der Waals surface area contributed by atoms with Crippen molar-refractivity contribution >= 4 is 42.6 Å². The van der Waals surface area contributed by atoms with E-state index >= 15 is 0 Å². The van der Waals surface area contributed by atoms with Crippen molar-refractivity contribution < 1.29 is 13.2 Å². The van der Waals surface area contributed by atoms with E-state index in [9.17, 15) is 13.2 Å². The van der Waals surface area contributed by atoms with E-state index in [0.717, 1.165) is 6.26 Å². The maximum atomic E-state index is 11.5.